The van der Waals surface area contributed by atoms with Crippen LogP contribution in [0.15, 0.2) is 47.5 Å². The van der Waals surface area contributed by atoms with Gasteiger partial charge in [0, 0.05) is 25.0 Å². The molecule has 1 amide bonds. The van der Waals surface area contributed by atoms with Crippen molar-refractivity contribution in [3.63, 3.8) is 0 Å². The molecule has 1 aliphatic rings. The molecule has 1 aliphatic heterocycles. The van der Waals surface area contributed by atoms with Gasteiger partial charge >= 0.3 is 6.18 Å². The van der Waals surface area contributed by atoms with Crippen molar-refractivity contribution in [1.82, 2.24) is 4.98 Å². The molecule has 1 aromatic carbocycles. The van der Waals surface area contributed by atoms with E-state index in [2.05, 4.69) is 9.72 Å². The molecule has 30 heavy (non-hydrogen) atoms. The van der Waals surface area contributed by atoms with Crippen LogP contribution in [-0.2, 0) is 19.4 Å². The molecule has 0 unspecified atom stereocenters. The molecule has 0 saturated carbocycles. The first kappa shape index (κ1) is 22.0. The van der Waals surface area contributed by atoms with Crippen molar-refractivity contribution in [2.45, 2.75) is 28.7 Å². The quantitative estimate of drug-likeness (QED) is 0.733. The minimum Gasteiger partial charge on any atom is -0.484 e. The molecule has 0 spiro atoms. The molecular weight excluding hydrogens is 425 g/mol. The standard InChI is InChI=1S/C19H19F3N2O5S/c20-19(21,22)12-29-14-3-1-13(2-4-14)16-6-5-15(11-24-16)30(26,27)18(17(23)25)7-9-28-10-8-18/h1-6,11H,7-10,12H2,(H2,23,25). The van der Waals surface area contributed by atoms with Gasteiger partial charge in [-0.05, 0) is 49.2 Å². The Bertz CT molecular complexity index is 1000. The normalized spacial score (nSPS) is 16.8. The second-order valence-corrected chi connectivity index (χ2v) is 9.04. The fraction of sp³-hybridized carbons (Fsp3) is 0.368. The highest BCUT2D eigenvalue weighted by molar-refractivity contribution is 7.93. The van der Waals surface area contributed by atoms with Crippen LogP contribution in [0, 0.1) is 0 Å². The number of hydrogen-bond acceptors (Lipinski definition) is 6. The number of hydrogen-bond donors (Lipinski definition) is 1. The first-order chi connectivity index (χ1) is 14.1. The van der Waals surface area contributed by atoms with Gasteiger partial charge in [-0.25, -0.2) is 8.42 Å². The maximum Gasteiger partial charge on any atom is 0.422 e. The Morgan fingerprint density at radius 1 is 1.13 bits per heavy atom. The summed E-state index contributed by atoms with van der Waals surface area (Å²) in [6.07, 6.45) is -3.37. The maximum atomic E-state index is 13.1. The van der Waals surface area contributed by atoms with Gasteiger partial charge in [-0.2, -0.15) is 13.2 Å². The zero-order valence-electron chi connectivity index (χ0n) is 15.7. The van der Waals surface area contributed by atoms with E-state index in [1.807, 2.05) is 0 Å². The van der Waals surface area contributed by atoms with Crippen LogP contribution in [-0.4, -0.2) is 50.1 Å². The summed E-state index contributed by atoms with van der Waals surface area (Å²) in [5, 5.41) is 0. The zero-order valence-corrected chi connectivity index (χ0v) is 16.5. The van der Waals surface area contributed by atoms with E-state index in [1.54, 1.807) is 0 Å². The van der Waals surface area contributed by atoms with Crippen molar-refractivity contribution in [2.75, 3.05) is 19.8 Å². The lowest BCUT2D eigenvalue weighted by Crippen LogP contribution is -2.53. The summed E-state index contributed by atoms with van der Waals surface area (Å²) in [5.74, 6) is -0.887. The van der Waals surface area contributed by atoms with E-state index in [0.29, 0.717) is 11.3 Å². The van der Waals surface area contributed by atoms with E-state index in [9.17, 15) is 26.4 Å². The van der Waals surface area contributed by atoms with Gasteiger partial charge in [0.1, 0.15) is 5.75 Å². The summed E-state index contributed by atoms with van der Waals surface area (Å²) in [7, 11) is -4.09. The third-order valence-corrected chi connectivity index (χ3v) is 7.36. The average molecular weight is 444 g/mol. The molecule has 0 atom stereocenters. The molecule has 2 heterocycles. The molecule has 2 aromatic rings. The number of nitrogens with two attached hydrogens (primary N) is 1. The van der Waals surface area contributed by atoms with E-state index in [1.165, 1.54) is 36.4 Å². The molecule has 2 N–H and O–H groups in total. The summed E-state index contributed by atoms with van der Waals surface area (Å²) >= 11 is 0. The van der Waals surface area contributed by atoms with Crippen LogP contribution in [0.4, 0.5) is 13.2 Å². The van der Waals surface area contributed by atoms with Crippen molar-refractivity contribution in [3.05, 3.63) is 42.6 Å². The van der Waals surface area contributed by atoms with E-state index in [-0.39, 0.29) is 36.7 Å². The highest BCUT2D eigenvalue weighted by atomic mass is 32.2. The lowest BCUT2D eigenvalue weighted by molar-refractivity contribution is -0.153. The number of ether oxygens (including phenoxy) is 2. The highest BCUT2D eigenvalue weighted by Crippen LogP contribution is 2.35. The summed E-state index contributed by atoms with van der Waals surface area (Å²) < 4.78 is 70.9. The number of carbonyl (C=O) groups is 1. The molecule has 0 aliphatic carbocycles. The lowest BCUT2D eigenvalue weighted by Gasteiger charge is -2.33. The Labute approximate surface area is 170 Å². The largest absolute Gasteiger partial charge is 0.484 e. The van der Waals surface area contributed by atoms with Gasteiger partial charge in [-0.15, -0.1) is 0 Å². The zero-order chi connectivity index (χ0) is 22.0. The number of aromatic nitrogens is 1. The van der Waals surface area contributed by atoms with Gasteiger partial charge in [0.15, 0.2) is 21.2 Å². The molecule has 0 radical (unpaired) electrons. The van der Waals surface area contributed by atoms with Crippen LogP contribution in [0.5, 0.6) is 5.75 Å². The number of benzene rings is 1. The van der Waals surface area contributed by atoms with Crippen LogP contribution in [0.1, 0.15) is 12.8 Å². The number of carbonyl (C=O) groups excluding carboxylic acids is 1. The second kappa shape index (κ2) is 8.23. The van der Waals surface area contributed by atoms with Crippen LogP contribution in [0.3, 0.4) is 0 Å². The van der Waals surface area contributed by atoms with Gasteiger partial charge in [0.05, 0.1) is 10.6 Å². The topological polar surface area (TPSA) is 109 Å². The third-order valence-electron chi connectivity index (χ3n) is 4.86. The minimum absolute atomic E-state index is 0.0359. The number of alkyl halides is 3. The lowest BCUT2D eigenvalue weighted by atomic mass is 9.98. The molecule has 162 valence electrons. The first-order valence-electron chi connectivity index (χ1n) is 8.93. The predicted molar refractivity (Wildman–Crippen MR) is 100 cm³/mol. The molecule has 1 fully saturated rings. The number of rotatable bonds is 6. The summed E-state index contributed by atoms with van der Waals surface area (Å²) in [6, 6.07) is 8.50. The fourth-order valence-corrected chi connectivity index (χ4v) is 5.03. The van der Waals surface area contributed by atoms with Crippen molar-refractivity contribution in [3.8, 4) is 17.0 Å². The van der Waals surface area contributed by atoms with E-state index >= 15 is 0 Å². The van der Waals surface area contributed by atoms with Crippen LogP contribution >= 0.6 is 0 Å². The van der Waals surface area contributed by atoms with E-state index < -0.39 is 33.3 Å². The van der Waals surface area contributed by atoms with Crippen molar-refractivity contribution < 1.29 is 35.9 Å². The van der Waals surface area contributed by atoms with Gasteiger partial charge < -0.3 is 15.2 Å². The van der Waals surface area contributed by atoms with Crippen molar-refractivity contribution in [2.24, 2.45) is 5.73 Å². The molecular formula is C19H19F3N2O5S. The first-order valence-corrected chi connectivity index (χ1v) is 10.4. The molecule has 7 nitrogen and oxygen atoms in total. The Morgan fingerprint density at radius 2 is 1.77 bits per heavy atom. The number of halogens is 3. The highest BCUT2D eigenvalue weighted by Gasteiger charge is 2.51. The van der Waals surface area contributed by atoms with Crippen LogP contribution in [0.25, 0.3) is 11.3 Å². The molecule has 1 saturated heterocycles. The van der Waals surface area contributed by atoms with E-state index in [4.69, 9.17) is 10.5 Å². The molecule has 11 heteroatoms. The monoisotopic (exact) mass is 444 g/mol. The summed E-state index contributed by atoms with van der Waals surface area (Å²) in [5.41, 5.74) is 6.39. The number of pyridine rings is 1. The van der Waals surface area contributed by atoms with Crippen LogP contribution in [0.2, 0.25) is 0 Å². The number of sulfone groups is 1. The van der Waals surface area contributed by atoms with E-state index in [0.717, 1.165) is 6.20 Å². The summed E-state index contributed by atoms with van der Waals surface area (Å²) in [4.78, 5) is 16.0. The van der Waals surface area contributed by atoms with Crippen LogP contribution < -0.4 is 10.5 Å². The smallest absolute Gasteiger partial charge is 0.422 e. The van der Waals surface area contributed by atoms with Crippen molar-refractivity contribution in [1.29, 1.82) is 0 Å². The fourth-order valence-electron chi connectivity index (χ4n) is 3.17. The molecule has 1 aromatic heterocycles. The number of amides is 1. The Hall–Kier alpha value is -2.66. The van der Waals surface area contributed by atoms with Gasteiger partial charge in [0.2, 0.25) is 5.91 Å². The number of primary amides is 1. The summed E-state index contributed by atoms with van der Waals surface area (Å²) in [6.45, 7) is -1.18. The maximum absolute atomic E-state index is 13.1. The van der Waals surface area contributed by atoms with Gasteiger partial charge in [-0.3, -0.25) is 9.78 Å². The SMILES string of the molecule is NC(=O)C1(S(=O)(=O)c2ccc(-c3ccc(OCC(F)(F)F)cc3)nc2)CCOCC1. The molecule has 0 bridgehead atoms. The molecule has 3 rings (SSSR count). The Balaban J connectivity index is 1.81. The number of nitrogens with zero attached hydrogens (tertiary/aromatic N) is 1. The third kappa shape index (κ3) is 4.41. The van der Waals surface area contributed by atoms with Gasteiger partial charge in [-0.1, -0.05) is 0 Å². The second-order valence-electron chi connectivity index (χ2n) is 6.78. The van der Waals surface area contributed by atoms with Crippen molar-refractivity contribution >= 4 is 15.7 Å². The van der Waals surface area contributed by atoms with Gasteiger partial charge in [0.25, 0.3) is 0 Å². The minimum atomic E-state index is -4.44. The predicted octanol–water partition coefficient (Wildman–Crippen LogP) is 2.50. The average Bonchev–Trinajstić information content (AvgIpc) is 2.72. The Kier molecular flexibility index (Phi) is 6.04. The Morgan fingerprint density at radius 3 is 2.27 bits per heavy atom.